The molecule has 2 rings (SSSR count). The van der Waals surface area contributed by atoms with Gasteiger partial charge in [-0.2, -0.15) is 4.31 Å². The van der Waals surface area contributed by atoms with Crippen LogP contribution in [0.5, 0.6) is 0 Å². The summed E-state index contributed by atoms with van der Waals surface area (Å²) >= 11 is 0. The maximum atomic E-state index is 12.6. The zero-order valence-electron chi connectivity index (χ0n) is 14.2. The minimum atomic E-state index is -3.49. The Bertz CT molecular complexity index is 650. The van der Waals surface area contributed by atoms with Crippen LogP contribution >= 0.6 is 0 Å². The molecule has 128 valence electrons. The van der Waals surface area contributed by atoms with Crippen LogP contribution in [-0.4, -0.2) is 49.7 Å². The Hall–Kier alpha value is -1.40. The number of hydrogen-bond donors (Lipinski definition) is 0. The number of sulfonamides is 1. The van der Waals surface area contributed by atoms with E-state index in [1.54, 1.807) is 23.1 Å². The molecule has 1 amide bonds. The van der Waals surface area contributed by atoms with Crippen LogP contribution in [0.25, 0.3) is 0 Å². The van der Waals surface area contributed by atoms with E-state index in [0.29, 0.717) is 37.7 Å². The number of amides is 1. The first-order valence-corrected chi connectivity index (χ1v) is 9.69. The molecule has 1 heterocycles. The molecule has 0 N–H and O–H groups in total. The molecule has 23 heavy (non-hydrogen) atoms. The van der Waals surface area contributed by atoms with Crippen molar-refractivity contribution in [1.82, 2.24) is 9.21 Å². The summed E-state index contributed by atoms with van der Waals surface area (Å²) in [6.07, 6.45) is 1.80. The lowest BCUT2D eigenvalue weighted by molar-refractivity contribution is 0.0745. The average Bonchev–Trinajstić information content (AvgIpc) is 3.07. The van der Waals surface area contributed by atoms with Gasteiger partial charge in [0.2, 0.25) is 10.0 Å². The van der Waals surface area contributed by atoms with E-state index in [-0.39, 0.29) is 10.8 Å². The Morgan fingerprint density at radius 2 is 1.91 bits per heavy atom. The first-order chi connectivity index (χ1) is 10.9. The van der Waals surface area contributed by atoms with Crippen molar-refractivity contribution in [1.29, 1.82) is 0 Å². The summed E-state index contributed by atoms with van der Waals surface area (Å²) in [7, 11) is -3.49. The first-order valence-electron chi connectivity index (χ1n) is 8.25. The lowest BCUT2D eigenvalue weighted by atomic mass is 10.1. The summed E-state index contributed by atoms with van der Waals surface area (Å²) in [6.45, 7) is 8.46. The largest absolute Gasteiger partial charge is 0.339 e. The highest BCUT2D eigenvalue weighted by atomic mass is 32.2. The molecular weight excluding hydrogens is 312 g/mol. The standard InChI is InChI=1S/C17H26N2O3S/c1-4-18(13-14(2)3)17(20)15-8-7-9-16(12-15)23(21,22)19-10-5-6-11-19/h7-9,12,14H,4-6,10-11,13H2,1-3H3. The molecular formula is C17H26N2O3S. The lowest BCUT2D eigenvalue weighted by Gasteiger charge is -2.23. The maximum absolute atomic E-state index is 12.6. The molecule has 0 aromatic heterocycles. The van der Waals surface area contributed by atoms with E-state index in [4.69, 9.17) is 0 Å². The third-order valence-electron chi connectivity index (χ3n) is 4.04. The molecule has 0 aliphatic carbocycles. The smallest absolute Gasteiger partial charge is 0.253 e. The molecule has 1 aliphatic heterocycles. The average molecular weight is 338 g/mol. The van der Waals surface area contributed by atoms with Gasteiger partial charge < -0.3 is 4.90 Å². The van der Waals surface area contributed by atoms with Crippen LogP contribution in [0.15, 0.2) is 29.2 Å². The molecule has 0 atom stereocenters. The van der Waals surface area contributed by atoms with Crippen LogP contribution in [0.2, 0.25) is 0 Å². The van der Waals surface area contributed by atoms with E-state index in [0.717, 1.165) is 12.8 Å². The number of carbonyl (C=O) groups excluding carboxylic acids is 1. The van der Waals surface area contributed by atoms with E-state index in [1.807, 2.05) is 6.92 Å². The fourth-order valence-corrected chi connectivity index (χ4v) is 4.41. The van der Waals surface area contributed by atoms with Gasteiger partial charge in [0.25, 0.3) is 5.91 Å². The minimum absolute atomic E-state index is 0.111. The quantitative estimate of drug-likeness (QED) is 0.801. The fraction of sp³-hybridized carbons (Fsp3) is 0.588. The van der Waals surface area contributed by atoms with Gasteiger partial charge in [-0.25, -0.2) is 8.42 Å². The van der Waals surface area contributed by atoms with Crippen molar-refractivity contribution in [2.24, 2.45) is 5.92 Å². The Kier molecular flexibility index (Phi) is 5.81. The summed E-state index contributed by atoms with van der Waals surface area (Å²) in [5, 5.41) is 0. The molecule has 1 aromatic rings. The van der Waals surface area contributed by atoms with Gasteiger partial charge in [-0.15, -0.1) is 0 Å². The number of nitrogens with zero attached hydrogens (tertiary/aromatic N) is 2. The number of benzene rings is 1. The predicted molar refractivity (Wildman–Crippen MR) is 90.9 cm³/mol. The van der Waals surface area contributed by atoms with Crippen LogP contribution in [-0.2, 0) is 10.0 Å². The van der Waals surface area contributed by atoms with Gasteiger partial charge in [0.05, 0.1) is 4.90 Å². The van der Waals surface area contributed by atoms with Crippen molar-refractivity contribution in [2.75, 3.05) is 26.2 Å². The maximum Gasteiger partial charge on any atom is 0.253 e. The first kappa shape index (κ1) is 17.9. The third kappa shape index (κ3) is 4.12. The van der Waals surface area contributed by atoms with Gasteiger partial charge in [-0.05, 0) is 43.9 Å². The SMILES string of the molecule is CCN(CC(C)C)C(=O)c1cccc(S(=O)(=O)N2CCCC2)c1. The van der Waals surface area contributed by atoms with Gasteiger partial charge >= 0.3 is 0 Å². The van der Waals surface area contributed by atoms with E-state index in [9.17, 15) is 13.2 Å². The second-order valence-corrected chi connectivity index (χ2v) is 8.31. The van der Waals surface area contributed by atoms with Crippen LogP contribution < -0.4 is 0 Å². The summed E-state index contributed by atoms with van der Waals surface area (Å²) < 4.78 is 26.8. The normalized spacial score (nSPS) is 16.0. The van der Waals surface area contributed by atoms with Gasteiger partial charge in [0, 0.05) is 31.7 Å². The summed E-state index contributed by atoms with van der Waals surface area (Å²) in [5.41, 5.74) is 0.438. The Labute approximate surface area is 139 Å². The topological polar surface area (TPSA) is 57.7 Å². The second-order valence-electron chi connectivity index (χ2n) is 6.38. The Morgan fingerprint density at radius 1 is 1.26 bits per heavy atom. The van der Waals surface area contributed by atoms with Crippen molar-refractivity contribution < 1.29 is 13.2 Å². The highest BCUT2D eigenvalue weighted by molar-refractivity contribution is 7.89. The summed E-state index contributed by atoms with van der Waals surface area (Å²) in [5.74, 6) is 0.259. The van der Waals surface area contributed by atoms with Gasteiger partial charge in [-0.3, -0.25) is 4.79 Å². The second kappa shape index (κ2) is 7.45. The van der Waals surface area contributed by atoms with Crippen LogP contribution in [0.3, 0.4) is 0 Å². The monoisotopic (exact) mass is 338 g/mol. The van der Waals surface area contributed by atoms with Crippen molar-refractivity contribution in [2.45, 2.75) is 38.5 Å². The molecule has 0 saturated carbocycles. The van der Waals surface area contributed by atoms with Gasteiger partial charge in [0.15, 0.2) is 0 Å². The molecule has 1 saturated heterocycles. The molecule has 1 aliphatic rings. The summed E-state index contributed by atoms with van der Waals surface area (Å²) in [6, 6.07) is 6.43. The van der Waals surface area contributed by atoms with Gasteiger partial charge in [0.1, 0.15) is 0 Å². The number of hydrogen-bond acceptors (Lipinski definition) is 3. The van der Waals surface area contributed by atoms with Crippen molar-refractivity contribution in [3.63, 3.8) is 0 Å². The number of rotatable bonds is 6. The van der Waals surface area contributed by atoms with E-state index in [2.05, 4.69) is 13.8 Å². The van der Waals surface area contributed by atoms with Crippen LogP contribution in [0.4, 0.5) is 0 Å². The summed E-state index contributed by atoms with van der Waals surface area (Å²) in [4.78, 5) is 14.6. The molecule has 6 heteroatoms. The molecule has 0 unspecified atom stereocenters. The molecule has 5 nitrogen and oxygen atoms in total. The third-order valence-corrected chi connectivity index (χ3v) is 5.93. The zero-order chi connectivity index (χ0) is 17.0. The van der Waals surface area contributed by atoms with Crippen molar-refractivity contribution in [3.8, 4) is 0 Å². The lowest BCUT2D eigenvalue weighted by Crippen LogP contribution is -2.34. The number of carbonyl (C=O) groups is 1. The van der Waals surface area contributed by atoms with Crippen LogP contribution in [0.1, 0.15) is 44.0 Å². The highest BCUT2D eigenvalue weighted by Gasteiger charge is 2.28. The van der Waals surface area contributed by atoms with Crippen LogP contribution in [0, 0.1) is 5.92 Å². The van der Waals surface area contributed by atoms with Crippen molar-refractivity contribution in [3.05, 3.63) is 29.8 Å². The Balaban J connectivity index is 2.27. The Morgan fingerprint density at radius 3 is 2.48 bits per heavy atom. The van der Waals surface area contributed by atoms with E-state index in [1.165, 1.54) is 10.4 Å². The predicted octanol–water partition coefficient (Wildman–Crippen LogP) is 2.59. The molecule has 1 fully saturated rings. The van der Waals surface area contributed by atoms with Crippen molar-refractivity contribution >= 4 is 15.9 Å². The van der Waals surface area contributed by atoms with E-state index < -0.39 is 10.0 Å². The minimum Gasteiger partial charge on any atom is -0.339 e. The molecule has 0 bridgehead atoms. The fourth-order valence-electron chi connectivity index (χ4n) is 2.85. The van der Waals surface area contributed by atoms with E-state index >= 15 is 0 Å². The molecule has 0 radical (unpaired) electrons. The van der Waals surface area contributed by atoms with Gasteiger partial charge in [-0.1, -0.05) is 19.9 Å². The molecule has 0 spiro atoms. The molecule has 1 aromatic carbocycles. The highest BCUT2D eigenvalue weighted by Crippen LogP contribution is 2.22. The zero-order valence-corrected chi connectivity index (χ0v) is 15.0.